The van der Waals surface area contributed by atoms with Crippen molar-refractivity contribution in [2.75, 3.05) is 24.4 Å². The molecule has 0 aliphatic heterocycles. The van der Waals surface area contributed by atoms with Crippen molar-refractivity contribution >= 4 is 40.2 Å². The molecule has 1 rings (SSSR count). The van der Waals surface area contributed by atoms with Gasteiger partial charge >= 0.3 is 0 Å². The molecule has 1 aromatic rings. The zero-order valence-corrected chi connectivity index (χ0v) is 10.6. The monoisotopic (exact) mass is 309 g/mol. The molecule has 1 aromatic heterocycles. The fraction of sp³-hybridized carbons (Fsp3) is 0.500. The van der Waals surface area contributed by atoms with E-state index < -0.39 is 0 Å². The molecule has 13 heavy (non-hydrogen) atoms. The Bertz CT molecular complexity index is 280. The van der Waals surface area contributed by atoms with Crippen LogP contribution in [0.5, 0.6) is 0 Å². The summed E-state index contributed by atoms with van der Waals surface area (Å²) in [5, 5.41) is 3.05. The lowest BCUT2D eigenvalue weighted by Crippen LogP contribution is -2.03. The summed E-state index contributed by atoms with van der Waals surface area (Å²) in [7, 11) is 1.88. The van der Waals surface area contributed by atoms with Crippen LogP contribution in [-0.2, 0) is 6.42 Å². The van der Waals surface area contributed by atoms with E-state index in [0.717, 1.165) is 27.4 Å². The number of rotatable bonds is 4. The zero-order valence-electron chi connectivity index (χ0n) is 7.67. The van der Waals surface area contributed by atoms with Crippen molar-refractivity contribution in [1.29, 1.82) is 0 Å². The lowest BCUT2D eigenvalue weighted by molar-refractivity contribution is 0.943. The molecule has 1 N–H and O–H groups in total. The first-order valence-corrected chi connectivity index (χ1v) is 6.43. The average Bonchev–Trinajstić information content (AvgIpc) is 2.16. The molecule has 0 aromatic carbocycles. The van der Waals surface area contributed by atoms with Gasteiger partial charge in [-0.15, -0.1) is 0 Å². The minimum atomic E-state index is 0.916. The van der Waals surface area contributed by atoms with E-state index >= 15 is 0 Å². The first-order chi connectivity index (χ1) is 6.27. The standard InChI is InChI=1S/C8H12IN3S/c1-10-8-6(9)5-11-7(12-8)3-4-13-2/h5H,3-4H2,1-2H3,(H,10,11,12). The number of aryl methyl sites for hydroxylation is 1. The fourth-order valence-corrected chi connectivity index (χ4v) is 1.81. The quantitative estimate of drug-likeness (QED) is 0.864. The van der Waals surface area contributed by atoms with Crippen LogP contribution in [-0.4, -0.2) is 29.0 Å². The summed E-state index contributed by atoms with van der Waals surface area (Å²) >= 11 is 4.03. The Morgan fingerprint density at radius 2 is 2.38 bits per heavy atom. The first-order valence-electron chi connectivity index (χ1n) is 3.96. The lowest BCUT2D eigenvalue weighted by Gasteiger charge is -2.04. The largest absolute Gasteiger partial charge is 0.372 e. The maximum Gasteiger partial charge on any atom is 0.142 e. The summed E-state index contributed by atoms with van der Waals surface area (Å²) in [4.78, 5) is 8.64. The van der Waals surface area contributed by atoms with Gasteiger partial charge in [0.05, 0.1) is 3.57 Å². The maximum atomic E-state index is 4.39. The number of nitrogens with zero attached hydrogens (tertiary/aromatic N) is 2. The molecular weight excluding hydrogens is 297 g/mol. The Kier molecular flexibility index (Phi) is 4.79. The van der Waals surface area contributed by atoms with Crippen LogP contribution in [0.15, 0.2) is 6.20 Å². The molecule has 0 aliphatic carbocycles. The van der Waals surface area contributed by atoms with Gasteiger partial charge in [0.25, 0.3) is 0 Å². The Morgan fingerprint density at radius 3 is 3.00 bits per heavy atom. The second-order valence-electron chi connectivity index (χ2n) is 2.48. The number of halogens is 1. The molecule has 0 amide bonds. The summed E-state index contributed by atoms with van der Waals surface area (Å²) < 4.78 is 1.06. The Balaban J connectivity index is 2.74. The Morgan fingerprint density at radius 1 is 1.62 bits per heavy atom. The first kappa shape index (κ1) is 11.0. The predicted octanol–water partition coefficient (Wildman–Crippen LogP) is 2.03. The van der Waals surface area contributed by atoms with Crippen LogP contribution in [0.25, 0.3) is 0 Å². The van der Waals surface area contributed by atoms with E-state index in [2.05, 4.69) is 44.1 Å². The van der Waals surface area contributed by atoms with Gasteiger partial charge in [0.1, 0.15) is 11.6 Å². The van der Waals surface area contributed by atoms with Crippen LogP contribution in [0.3, 0.4) is 0 Å². The predicted molar refractivity (Wildman–Crippen MR) is 66.4 cm³/mol. The van der Waals surface area contributed by atoms with E-state index in [1.54, 1.807) is 0 Å². The van der Waals surface area contributed by atoms with Gasteiger partial charge in [0, 0.05) is 25.4 Å². The minimum Gasteiger partial charge on any atom is -0.372 e. The van der Waals surface area contributed by atoms with Crippen molar-refractivity contribution in [3.8, 4) is 0 Å². The molecule has 3 nitrogen and oxygen atoms in total. The summed E-state index contributed by atoms with van der Waals surface area (Å²) in [6, 6.07) is 0. The van der Waals surface area contributed by atoms with Crippen molar-refractivity contribution in [3.05, 3.63) is 15.6 Å². The van der Waals surface area contributed by atoms with Gasteiger partial charge in [0.15, 0.2) is 0 Å². The van der Waals surface area contributed by atoms with Gasteiger partial charge in [-0.1, -0.05) is 0 Å². The van der Waals surface area contributed by atoms with Crippen LogP contribution < -0.4 is 5.32 Å². The highest BCUT2D eigenvalue weighted by Gasteiger charge is 2.02. The van der Waals surface area contributed by atoms with Gasteiger partial charge in [-0.3, -0.25) is 0 Å². The fourth-order valence-electron chi connectivity index (χ4n) is 0.893. The SMILES string of the molecule is CNc1nc(CCSC)ncc1I. The molecule has 1 heterocycles. The molecule has 0 fully saturated rings. The van der Waals surface area contributed by atoms with Gasteiger partial charge in [-0.2, -0.15) is 11.8 Å². The van der Waals surface area contributed by atoms with E-state index in [4.69, 9.17) is 0 Å². The topological polar surface area (TPSA) is 37.8 Å². The second kappa shape index (κ2) is 5.64. The smallest absolute Gasteiger partial charge is 0.142 e. The van der Waals surface area contributed by atoms with Crippen molar-refractivity contribution < 1.29 is 0 Å². The third-order valence-corrected chi connectivity index (χ3v) is 2.96. The molecule has 0 unspecified atom stereocenters. The van der Waals surface area contributed by atoms with Gasteiger partial charge in [-0.25, -0.2) is 9.97 Å². The number of hydrogen-bond acceptors (Lipinski definition) is 4. The van der Waals surface area contributed by atoms with Gasteiger partial charge < -0.3 is 5.32 Å². The molecule has 0 aliphatic rings. The minimum absolute atomic E-state index is 0.916. The molecule has 5 heteroatoms. The zero-order chi connectivity index (χ0) is 9.68. The highest BCUT2D eigenvalue weighted by atomic mass is 127. The van der Waals surface area contributed by atoms with Crippen LogP contribution in [0.4, 0.5) is 5.82 Å². The molecule has 0 saturated heterocycles. The summed E-state index contributed by atoms with van der Waals surface area (Å²) in [5.74, 6) is 2.91. The van der Waals surface area contributed by atoms with Crippen LogP contribution in [0.1, 0.15) is 5.82 Å². The molecule has 72 valence electrons. The van der Waals surface area contributed by atoms with Gasteiger partial charge in [0.2, 0.25) is 0 Å². The maximum absolute atomic E-state index is 4.39. The molecule has 0 atom stereocenters. The molecule has 0 saturated carbocycles. The number of nitrogens with one attached hydrogen (secondary N) is 1. The Hall–Kier alpha value is -0.0400. The average molecular weight is 309 g/mol. The number of aromatic nitrogens is 2. The van der Waals surface area contributed by atoms with Crippen LogP contribution in [0.2, 0.25) is 0 Å². The van der Waals surface area contributed by atoms with E-state index in [-0.39, 0.29) is 0 Å². The third kappa shape index (κ3) is 3.30. The summed E-state index contributed by atoms with van der Waals surface area (Å²) in [6.45, 7) is 0. The molecule has 0 bridgehead atoms. The van der Waals surface area contributed by atoms with Crippen molar-refractivity contribution in [3.63, 3.8) is 0 Å². The number of hydrogen-bond donors (Lipinski definition) is 1. The van der Waals surface area contributed by atoms with Crippen molar-refractivity contribution in [1.82, 2.24) is 9.97 Å². The van der Waals surface area contributed by atoms with Gasteiger partial charge in [-0.05, 0) is 28.8 Å². The molecule has 0 spiro atoms. The normalized spacial score (nSPS) is 10.1. The van der Waals surface area contributed by atoms with Crippen molar-refractivity contribution in [2.24, 2.45) is 0 Å². The highest BCUT2D eigenvalue weighted by Crippen LogP contribution is 2.13. The summed E-state index contributed by atoms with van der Waals surface area (Å²) in [6.07, 6.45) is 4.88. The van der Waals surface area contributed by atoms with Crippen LogP contribution >= 0.6 is 34.4 Å². The van der Waals surface area contributed by atoms with E-state index in [1.165, 1.54) is 0 Å². The summed E-state index contributed by atoms with van der Waals surface area (Å²) in [5.41, 5.74) is 0. The van der Waals surface area contributed by atoms with E-state index in [1.807, 2.05) is 25.0 Å². The molecule has 0 radical (unpaired) electrons. The second-order valence-corrected chi connectivity index (χ2v) is 4.62. The van der Waals surface area contributed by atoms with Crippen molar-refractivity contribution in [2.45, 2.75) is 6.42 Å². The van der Waals surface area contributed by atoms with E-state index in [9.17, 15) is 0 Å². The Labute approximate surface area is 96.3 Å². The van der Waals surface area contributed by atoms with Crippen LogP contribution in [0, 0.1) is 3.57 Å². The van der Waals surface area contributed by atoms with E-state index in [0.29, 0.717) is 0 Å². The number of thioether (sulfide) groups is 1. The highest BCUT2D eigenvalue weighted by molar-refractivity contribution is 14.1. The number of anilines is 1. The molecular formula is C8H12IN3S. The lowest BCUT2D eigenvalue weighted by atomic mass is 10.4. The third-order valence-electron chi connectivity index (χ3n) is 1.56.